The van der Waals surface area contributed by atoms with E-state index in [4.69, 9.17) is 4.74 Å². The Balaban J connectivity index is 1.53. The van der Waals surface area contributed by atoms with Crippen molar-refractivity contribution in [3.63, 3.8) is 0 Å². The fourth-order valence-corrected chi connectivity index (χ4v) is 5.81. The first-order valence-corrected chi connectivity index (χ1v) is 14.3. The minimum atomic E-state index is -2.66. The summed E-state index contributed by atoms with van der Waals surface area (Å²) < 4.78 is 33.0. The van der Waals surface area contributed by atoms with E-state index in [1.54, 1.807) is 17.9 Å². The van der Waals surface area contributed by atoms with Crippen LogP contribution in [-0.4, -0.2) is 69.2 Å². The second-order valence-electron chi connectivity index (χ2n) is 11.0. The fraction of sp³-hybridized carbons (Fsp3) is 0.438. The number of alkyl halides is 2. The topological polar surface area (TPSA) is 103 Å². The molecule has 5 rings (SSSR count). The van der Waals surface area contributed by atoms with Gasteiger partial charge in [0.2, 0.25) is 0 Å². The van der Waals surface area contributed by atoms with E-state index in [2.05, 4.69) is 20.9 Å². The number of aliphatic hydroxyl groups is 1. The summed E-state index contributed by atoms with van der Waals surface area (Å²) in [7, 11) is 0. The molecule has 2 aliphatic rings. The first kappa shape index (κ1) is 29.5. The van der Waals surface area contributed by atoms with E-state index >= 15 is 0 Å². The molecule has 0 bridgehead atoms. The van der Waals surface area contributed by atoms with Gasteiger partial charge in [-0.2, -0.15) is 5.26 Å². The van der Waals surface area contributed by atoms with Crippen LogP contribution in [0.25, 0.3) is 11.1 Å². The molecule has 0 aliphatic carbocycles. The zero-order valence-electron chi connectivity index (χ0n) is 24.3. The van der Waals surface area contributed by atoms with Gasteiger partial charge in [-0.05, 0) is 69.4 Å². The van der Waals surface area contributed by atoms with Crippen molar-refractivity contribution in [1.29, 1.82) is 5.26 Å². The summed E-state index contributed by atoms with van der Waals surface area (Å²) >= 11 is 0. The van der Waals surface area contributed by atoms with Crippen molar-refractivity contribution in [2.75, 3.05) is 26.2 Å². The van der Waals surface area contributed by atoms with Crippen molar-refractivity contribution in [1.82, 2.24) is 19.8 Å². The number of carbonyl (C=O) groups excluding carboxylic acids is 1. The number of ether oxygens (including phenoxy) is 1. The van der Waals surface area contributed by atoms with Gasteiger partial charge >= 0.3 is 0 Å². The quantitative estimate of drug-likeness (QED) is 0.382. The van der Waals surface area contributed by atoms with Gasteiger partial charge in [0.1, 0.15) is 17.4 Å². The first-order chi connectivity index (χ1) is 20.1. The first-order valence-electron chi connectivity index (χ1n) is 14.3. The highest BCUT2D eigenvalue weighted by Crippen LogP contribution is 2.37. The summed E-state index contributed by atoms with van der Waals surface area (Å²) in [5.41, 5.74) is 5.02. The molecular weight excluding hydrogens is 540 g/mol. The molecule has 1 N–H and O–H groups in total. The van der Waals surface area contributed by atoms with Crippen molar-refractivity contribution >= 4 is 5.91 Å². The minimum Gasteiger partial charge on any atom is -0.492 e. The maximum absolute atomic E-state index is 14.1. The molecule has 2 aliphatic heterocycles. The lowest BCUT2D eigenvalue weighted by Gasteiger charge is -2.43. The number of hydrogen-bond donors (Lipinski definition) is 1. The van der Waals surface area contributed by atoms with Crippen LogP contribution in [0.5, 0.6) is 5.75 Å². The number of hydrogen-bond acceptors (Lipinski definition) is 7. The standard InChI is InChI=1S/C32H35F2N5O3/c1-5-42-30-13-28(37-16-23(30)14-35)19(3)39-9-7-24-26(25-12-22(31(33)34)15-36-18(25)2)10-21(11-27(24)32(39)41)6-8-38-17-29(40)20(38)4/h10-13,15-16,19-20,29,31,40H,5-9,17H2,1-4H3/t19-,20+,29+/m0/s1. The molecule has 0 radical (unpaired) electrons. The van der Waals surface area contributed by atoms with Gasteiger partial charge in [0.25, 0.3) is 12.3 Å². The van der Waals surface area contributed by atoms with E-state index in [9.17, 15) is 23.9 Å². The van der Waals surface area contributed by atoms with Crippen LogP contribution in [0, 0.1) is 18.3 Å². The highest BCUT2D eigenvalue weighted by molar-refractivity contribution is 5.99. The molecule has 3 aromatic rings. The lowest BCUT2D eigenvalue weighted by atomic mass is 9.86. The number of amides is 1. The third-order valence-corrected chi connectivity index (χ3v) is 8.50. The van der Waals surface area contributed by atoms with Crippen LogP contribution >= 0.6 is 0 Å². The third-order valence-electron chi connectivity index (χ3n) is 8.50. The number of fused-ring (bicyclic) bond motifs is 1. The molecule has 1 aromatic carbocycles. The van der Waals surface area contributed by atoms with Crippen LogP contribution in [-0.2, 0) is 12.8 Å². The Labute approximate surface area is 244 Å². The van der Waals surface area contributed by atoms with Crippen LogP contribution in [0.2, 0.25) is 0 Å². The molecule has 10 heteroatoms. The summed E-state index contributed by atoms with van der Waals surface area (Å²) in [6.45, 7) is 9.61. The smallest absolute Gasteiger partial charge is 0.265 e. The number of pyridine rings is 2. The Bertz CT molecular complexity index is 1540. The minimum absolute atomic E-state index is 0.0655. The van der Waals surface area contributed by atoms with Gasteiger partial charge < -0.3 is 14.7 Å². The van der Waals surface area contributed by atoms with Crippen LogP contribution < -0.4 is 4.74 Å². The molecule has 3 atom stereocenters. The summed E-state index contributed by atoms with van der Waals surface area (Å²) in [5.74, 6) is 0.262. The zero-order valence-corrected chi connectivity index (χ0v) is 24.3. The molecule has 4 heterocycles. The van der Waals surface area contributed by atoms with Gasteiger partial charge in [0.15, 0.2) is 0 Å². The number of β-amino-alcohol motifs (C(OH)–C–C–N with tert-alkyl or cyclic N) is 1. The Morgan fingerprint density at radius 2 is 1.93 bits per heavy atom. The number of aryl methyl sites for hydroxylation is 1. The van der Waals surface area contributed by atoms with Crippen LogP contribution in [0.1, 0.15) is 77.2 Å². The van der Waals surface area contributed by atoms with Crippen LogP contribution in [0.3, 0.4) is 0 Å². The second-order valence-corrected chi connectivity index (χ2v) is 11.0. The van der Waals surface area contributed by atoms with Gasteiger partial charge in [-0.3, -0.25) is 19.7 Å². The number of nitrogens with zero attached hydrogens (tertiary/aromatic N) is 5. The molecule has 220 valence electrons. The molecule has 0 saturated carbocycles. The molecule has 8 nitrogen and oxygen atoms in total. The predicted octanol–water partition coefficient (Wildman–Crippen LogP) is 5.03. The van der Waals surface area contributed by atoms with Crippen LogP contribution in [0.15, 0.2) is 36.7 Å². The monoisotopic (exact) mass is 575 g/mol. The molecule has 1 saturated heterocycles. The molecule has 42 heavy (non-hydrogen) atoms. The number of nitriles is 1. The molecular formula is C32H35F2N5O3. The Hall–Kier alpha value is -3.94. The van der Waals surface area contributed by atoms with E-state index in [1.807, 2.05) is 32.9 Å². The van der Waals surface area contributed by atoms with Crippen molar-refractivity contribution in [2.45, 2.75) is 65.1 Å². The number of likely N-dealkylation sites (tertiary alicyclic amines) is 1. The SMILES string of the molecule is CCOc1cc([C@H](C)N2CCc3c(cc(CCN4C[C@@H](O)[C@H]4C)cc3-c3cc(C(F)F)cnc3C)C2=O)ncc1C#N. The zero-order chi connectivity index (χ0) is 30.1. The van der Waals surface area contributed by atoms with E-state index in [0.29, 0.717) is 72.9 Å². The predicted molar refractivity (Wildman–Crippen MR) is 153 cm³/mol. The summed E-state index contributed by atoms with van der Waals surface area (Å²) in [4.78, 5) is 26.7. The number of benzene rings is 1. The van der Waals surface area contributed by atoms with Gasteiger partial charge in [0.05, 0.1) is 24.4 Å². The van der Waals surface area contributed by atoms with Gasteiger partial charge in [0, 0.05) is 66.5 Å². The van der Waals surface area contributed by atoms with E-state index in [1.165, 1.54) is 18.5 Å². The van der Waals surface area contributed by atoms with Gasteiger partial charge in [-0.25, -0.2) is 8.78 Å². The lowest BCUT2D eigenvalue weighted by Crippen LogP contribution is -2.58. The second kappa shape index (κ2) is 12.1. The number of aliphatic hydroxyl groups excluding tert-OH is 1. The van der Waals surface area contributed by atoms with E-state index < -0.39 is 12.5 Å². The third kappa shape index (κ3) is 5.59. The Morgan fingerprint density at radius 3 is 2.60 bits per heavy atom. The molecule has 1 amide bonds. The average molecular weight is 576 g/mol. The van der Waals surface area contributed by atoms with E-state index in [-0.39, 0.29) is 23.6 Å². The Morgan fingerprint density at radius 1 is 1.17 bits per heavy atom. The number of carbonyl (C=O) groups is 1. The highest BCUT2D eigenvalue weighted by atomic mass is 19.3. The van der Waals surface area contributed by atoms with Crippen molar-refractivity contribution in [2.24, 2.45) is 0 Å². The van der Waals surface area contributed by atoms with Gasteiger partial charge in [-0.15, -0.1) is 0 Å². The van der Waals surface area contributed by atoms with Crippen LogP contribution in [0.4, 0.5) is 8.78 Å². The maximum Gasteiger partial charge on any atom is 0.265 e. The van der Waals surface area contributed by atoms with Crippen molar-refractivity contribution < 1.29 is 23.4 Å². The maximum atomic E-state index is 14.1. The number of halogens is 2. The normalized spacial score (nSPS) is 19.3. The fourth-order valence-electron chi connectivity index (χ4n) is 5.81. The Kier molecular flexibility index (Phi) is 8.53. The summed E-state index contributed by atoms with van der Waals surface area (Å²) in [5, 5.41) is 19.3. The lowest BCUT2D eigenvalue weighted by molar-refractivity contribution is -0.0510. The van der Waals surface area contributed by atoms with E-state index in [0.717, 1.165) is 16.7 Å². The van der Waals surface area contributed by atoms with Crippen molar-refractivity contribution in [3.8, 4) is 22.9 Å². The molecule has 0 spiro atoms. The molecule has 0 unspecified atom stereocenters. The van der Waals surface area contributed by atoms with Gasteiger partial charge in [-0.1, -0.05) is 6.07 Å². The average Bonchev–Trinajstić information content (AvgIpc) is 2.99. The highest BCUT2D eigenvalue weighted by Gasteiger charge is 2.34. The summed E-state index contributed by atoms with van der Waals surface area (Å²) in [6, 6.07) is 8.87. The number of aromatic nitrogens is 2. The summed E-state index contributed by atoms with van der Waals surface area (Å²) in [6.07, 6.45) is 0.834. The molecule has 1 fully saturated rings. The molecule has 2 aromatic heterocycles. The van der Waals surface area contributed by atoms with Crippen molar-refractivity contribution in [3.05, 3.63) is 75.9 Å². The number of rotatable bonds is 9. The largest absolute Gasteiger partial charge is 0.492 e.